The quantitative estimate of drug-likeness (QED) is 0.862. The van der Waals surface area contributed by atoms with Crippen LogP contribution in [-0.4, -0.2) is 29.6 Å². The van der Waals surface area contributed by atoms with Gasteiger partial charge in [0.1, 0.15) is 5.75 Å². The van der Waals surface area contributed by atoms with Gasteiger partial charge < -0.3 is 15.2 Å². The van der Waals surface area contributed by atoms with Gasteiger partial charge in [-0.3, -0.25) is 4.79 Å². The Morgan fingerprint density at radius 3 is 2.47 bits per heavy atom. The first kappa shape index (κ1) is 13.5. The van der Waals surface area contributed by atoms with Crippen LogP contribution in [0.2, 0.25) is 0 Å². The molecule has 92 valence electrons. The van der Waals surface area contributed by atoms with Gasteiger partial charge in [0.25, 0.3) is 0 Å². The number of nitrogens with one attached hydrogen (secondary N) is 1. The predicted octanol–water partition coefficient (Wildman–Crippen LogP) is 1.42. The molecule has 0 radical (unpaired) electrons. The van der Waals surface area contributed by atoms with Gasteiger partial charge in [0, 0.05) is 11.4 Å². The molecule has 0 spiro atoms. The second-order valence-electron chi connectivity index (χ2n) is 3.34. The zero-order valence-electron chi connectivity index (χ0n) is 9.14. The summed E-state index contributed by atoms with van der Waals surface area (Å²) in [7, 11) is 0. The summed E-state index contributed by atoms with van der Waals surface area (Å²) in [4.78, 5) is 21.6. The van der Waals surface area contributed by atoms with E-state index in [4.69, 9.17) is 9.84 Å². The lowest BCUT2D eigenvalue weighted by Crippen LogP contribution is -2.39. The third-order valence-electron chi connectivity index (χ3n) is 1.90. The average Bonchev–Trinajstić information content (AvgIpc) is 2.26. The number of benzene rings is 1. The Kier molecular flexibility index (Phi) is 4.96. The largest absolute Gasteiger partial charge is 0.478 e. The van der Waals surface area contributed by atoms with Gasteiger partial charge in [0.05, 0.1) is 6.54 Å². The van der Waals surface area contributed by atoms with E-state index < -0.39 is 12.1 Å². The van der Waals surface area contributed by atoms with Crippen molar-refractivity contribution in [2.45, 2.75) is 13.0 Å². The fourth-order valence-electron chi connectivity index (χ4n) is 1.09. The fraction of sp³-hybridized carbons (Fsp3) is 0.273. The van der Waals surface area contributed by atoms with Crippen LogP contribution in [0.15, 0.2) is 28.7 Å². The van der Waals surface area contributed by atoms with Crippen LogP contribution in [0, 0.1) is 0 Å². The second kappa shape index (κ2) is 6.24. The Hall–Kier alpha value is -1.56. The molecule has 0 heterocycles. The van der Waals surface area contributed by atoms with Gasteiger partial charge in [-0.25, -0.2) is 4.79 Å². The summed E-state index contributed by atoms with van der Waals surface area (Å²) in [6.07, 6.45) is -1.10. The van der Waals surface area contributed by atoms with Crippen molar-refractivity contribution in [1.29, 1.82) is 0 Å². The van der Waals surface area contributed by atoms with Gasteiger partial charge in [-0.05, 0) is 24.3 Å². The molecule has 5 nitrogen and oxygen atoms in total. The molecule has 0 saturated carbocycles. The van der Waals surface area contributed by atoms with Crippen molar-refractivity contribution in [3.05, 3.63) is 28.7 Å². The van der Waals surface area contributed by atoms with E-state index in [2.05, 4.69) is 21.2 Å². The maximum absolute atomic E-state index is 10.9. The van der Waals surface area contributed by atoms with E-state index in [0.717, 1.165) is 4.47 Å². The molecule has 0 aliphatic rings. The van der Waals surface area contributed by atoms with E-state index in [-0.39, 0.29) is 12.5 Å². The van der Waals surface area contributed by atoms with Crippen LogP contribution in [0.3, 0.4) is 0 Å². The topological polar surface area (TPSA) is 75.6 Å². The smallest absolute Gasteiger partial charge is 0.346 e. The van der Waals surface area contributed by atoms with Gasteiger partial charge in [-0.2, -0.15) is 0 Å². The van der Waals surface area contributed by atoms with Crippen molar-refractivity contribution in [3.8, 4) is 5.75 Å². The van der Waals surface area contributed by atoms with Crippen LogP contribution in [-0.2, 0) is 9.59 Å². The van der Waals surface area contributed by atoms with Gasteiger partial charge in [-0.15, -0.1) is 0 Å². The monoisotopic (exact) mass is 301 g/mol. The van der Waals surface area contributed by atoms with E-state index in [0.29, 0.717) is 5.75 Å². The van der Waals surface area contributed by atoms with Crippen LogP contribution in [0.5, 0.6) is 5.75 Å². The Morgan fingerprint density at radius 1 is 1.41 bits per heavy atom. The molecule has 1 rings (SSSR count). The molecule has 0 aliphatic heterocycles. The number of carboxylic acids is 1. The van der Waals surface area contributed by atoms with Crippen LogP contribution < -0.4 is 10.1 Å². The lowest BCUT2D eigenvalue weighted by molar-refractivity contribution is -0.145. The van der Waals surface area contributed by atoms with E-state index in [1.807, 2.05) is 0 Å². The number of carbonyl (C=O) groups excluding carboxylic acids is 1. The second-order valence-corrected chi connectivity index (χ2v) is 4.25. The van der Waals surface area contributed by atoms with Crippen LogP contribution in [0.25, 0.3) is 0 Å². The average molecular weight is 302 g/mol. The van der Waals surface area contributed by atoms with E-state index in [1.165, 1.54) is 6.92 Å². The van der Waals surface area contributed by atoms with Crippen molar-refractivity contribution in [2.24, 2.45) is 0 Å². The van der Waals surface area contributed by atoms with E-state index >= 15 is 0 Å². The highest BCUT2D eigenvalue weighted by atomic mass is 79.9. The fourth-order valence-corrected chi connectivity index (χ4v) is 1.36. The van der Waals surface area contributed by atoms with Crippen LogP contribution >= 0.6 is 15.9 Å². The molecule has 2 N–H and O–H groups in total. The molecule has 0 bridgehead atoms. The van der Waals surface area contributed by atoms with Crippen LogP contribution in [0.4, 0.5) is 0 Å². The molecule has 6 heteroatoms. The number of hydrogen-bond acceptors (Lipinski definition) is 3. The SMILES string of the molecule is CC(=O)NCC(Oc1ccc(Br)cc1)C(=O)O. The molecule has 0 aromatic heterocycles. The first-order valence-electron chi connectivity index (χ1n) is 4.88. The lowest BCUT2D eigenvalue weighted by atomic mass is 10.3. The van der Waals surface area contributed by atoms with Gasteiger partial charge >= 0.3 is 5.97 Å². The molecule has 0 fully saturated rings. The molecular formula is C11H12BrNO4. The molecule has 1 aromatic carbocycles. The standard InChI is InChI=1S/C11H12BrNO4/c1-7(14)13-6-10(11(15)16)17-9-4-2-8(12)3-5-9/h2-5,10H,6H2,1H3,(H,13,14)(H,15,16). The third kappa shape index (κ3) is 4.86. The summed E-state index contributed by atoms with van der Waals surface area (Å²) in [5, 5.41) is 11.3. The highest BCUT2D eigenvalue weighted by Crippen LogP contribution is 2.17. The Labute approximate surface area is 107 Å². The lowest BCUT2D eigenvalue weighted by Gasteiger charge is -2.15. The summed E-state index contributed by atoms with van der Waals surface area (Å²) < 4.78 is 6.12. The van der Waals surface area contributed by atoms with Gasteiger partial charge in [0.15, 0.2) is 0 Å². The van der Waals surface area contributed by atoms with Crippen molar-refractivity contribution in [1.82, 2.24) is 5.32 Å². The van der Waals surface area contributed by atoms with Crippen molar-refractivity contribution >= 4 is 27.8 Å². The van der Waals surface area contributed by atoms with Gasteiger partial charge in [0.2, 0.25) is 12.0 Å². The minimum Gasteiger partial charge on any atom is -0.478 e. The summed E-state index contributed by atoms with van der Waals surface area (Å²) in [5.74, 6) is -0.983. The Morgan fingerprint density at radius 2 is 2.00 bits per heavy atom. The van der Waals surface area contributed by atoms with Crippen molar-refractivity contribution in [2.75, 3.05) is 6.54 Å². The van der Waals surface area contributed by atoms with E-state index in [9.17, 15) is 9.59 Å². The molecule has 0 aliphatic carbocycles. The highest BCUT2D eigenvalue weighted by molar-refractivity contribution is 9.10. The Balaban J connectivity index is 2.63. The molecule has 1 amide bonds. The zero-order valence-corrected chi connectivity index (χ0v) is 10.7. The zero-order chi connectivity index (χ0) is 12.8. The number of hydrogen-bond donors (Lipinski definition) is 2. The molecule has 17 heavy (non-hydrogen) atoms. The summed E-state index contributed by atoms with van der Waals surface area (Å²) in [5.41, 5.74) is 0. The molecular weight excluding hydrogens is 290 g/mol. The molecule has 1 aromatic rings. The normalized spacial score (nSPS) is 11.6. The predicted molar refractivity (Wildman–Crippen MR) is 64.9 cm³/mol. The summed E-state index contributed by atoms with van der Waals surface area (Å²) >= 11 is 3.26. The highest BCUT2D eigenvalue weighted by Gasteiger charge is 2.19. The molecule has 0 saturated heterocycles. The van der Waals surface area contributed by atoms with Gasteiger partial charge in [-0.1, -0.05) is 15.9 Å². The number of carbonyl (C=O) groups is 2. The first-order chi connectivity index (χ1) is 7.99. The minimum atomic E-state index is -1.12. The summed E-state index contributed by atoms with van der Waals surface area (Å²) in [6.45, 7) is 1.25. The number of halogens is 1. The van der Waals surface area contributed by atoms with Crippen molar-refractivity contribution in [3.63, 3.8) is 0 Å². The minimum absolute atomic E-state index is 0.0687. The summed E-state index contributed by atoms with van der Waals surface area (Å²) in [6, 6.07) is 6.78. The number of aliphatic carboxylic acids is 1. The van der Waals surface area contributed by atoms with Crippen molar-refractivity contribution < 1.29 is 19.4 Å². The number of carboxylic acid groups (broad SMARTS) is 1. The Bertz CT molecular complexity index is 404. The number of rotatable bonds is 5. The number of amides is 1. The maximum Gasteiger partial charge on any atom is 0.346 e. The molecule has 1 atom stereocenters. The third-order valence-corrected chi connectivity index (χ3v) is 2.43. The van der Waals surface area contributed by atoms with E-state index in [1.54, 1.807) is 24.3 Å². The van der Waals surface area contributed by atoms with Crippen LogP contribution in [0.1, 0.15) is 6.92 Å². The maximum atomic E-state index is 10.9. The number of ether oxygens (including phenoxy) is 1. The molecule has 1 unspecified atom stereocenters. The first-order valence-corrected chi connectivity index (χ1v) is 5.68.